The standard InChI is InChI=1S/C16H16F2S2/c1-11(13-3-7-15(17)8-4-13)19-20-12(2)14-5-9-16(18)10-6-14/h3-12H,1-2H3. The maximum absolute atomic E-state index is 12.9. The Hall–Kier alpha value is -1.00. The van der Waals surface area contributed by atoms with Gasteiger partial charge < -0.3 is 0 Å². The van der Waals surface area contributed by atoms with Crippen LogP contribution in [0.25, 0.3) is 0 Å². The van der Waals surface area contributed by atoms with E-state index in [4.69, 9.17) is 0 Å². The summed E-state index contributed by atoms with van der Waals surface area (Å²) >= 11 is 0. The van der Waals surface area contributed by atoms with Crippen molar-refractivity contribution in [2.75, 3.05) is 0 Å². The summed E-state index contributed by atoms with van der Waals surface area (Å²) in [5, 5.41) is 0.562. The molecule has 2 rings (SSSR count). The van der Waals surface area contributed by atoms with Gasteiger partial charge in [0.15, 0.2) is 0 Å². The van der Waals surface area contributed by atoms with Crippen molar-refractivity contribution in [2.45, 2.75) is 24.3 Å². The molecule has 2 aromatic carbocycles. The zero-order valence-corrected chi connectivity index (χ0v) is 13.0. The van der Waals surface area contributed by atoms with Gasteiger partial charge in [-0.25, -0.2) is 8.78 Å². The van der Waals surface area contributed by atoms with Gasteiger partial charge in [-0.1, -0.05) is 45.9 Å². The average Bonchev–Trinajstić information content (AvgIpc) is 2.46. The van der Waals surface area contributed by atoms with Crippen LogP contribution >= 0.6 is 21.6 Å². The average molecular weight is 310 g/mol. The van der Waals surface area contributed by atoms with Crippen LogP contribution in [0.15, 0.2) is 48.5 Å². The third-order valence-electron chi connectivity index (χ3n) is 3.02. The normalized spacial score (nSPS) is 14.0. The van der Waals surface area contributed by atoms with Crippen molar-refractivity contribution in [1.82, 2.24) is 0 Å². The van der Waals surface area contributed by atoms with Crippen molar-refractivity contribution in [2.24, 2.45) is 0 Å². The highest BCUT2D eigenvalue weighted by Crippen LogP contribution is 2.45. The molecule has 0 radical (unpaired) electrons. The van der Waals surface area contributed by atoms with E-state index in [0.29, 0.717) is 0 Å². The van der Waals surface area contributed by atoms with E-state index in [0.717, 1.165) is 11.1 Å². The molecule has 0 heterocycles. The number of benzene rings is 2. The predicted molar refractivity (Wildman–Crippen MR) is 84.8 cm³/mol. The number of hydrogen-bond donors (Lipinski definition) is 0. The molecule has 0 saturated heterocycles. The van der Waals surface area contributed by atoms with Gasteiger partial charge in [-0.15, -0.1) is 0 Å². The van der Waals surface area contributed by atoms with Crippen molar-refractivity contribution in [3.05, 3.63) is 71.3 Å². The van der Waals surface area contributed by atoms with E-state index in [9.17, 15) is 8.78 Å². The van der Waals surface area contributed by atoms with E-state index in [1.807, 2.05) is 24.3 Å². The molecule has 0 amide bonds. The number of rotatable bonds is 5. The van der Waals surface area contributed by atoms with Gasteiger partial charge in [0.25, 0.3) is 0 Å². The van der Waals surface area contributed by atoms with Gasteiger partial charge >= 0.3 is 0 Å². The first-order valence-electron chi connectivity index (χ1n) is 6.39. The number of halogens is 2. The van der Waals surface area contributed by atoms with E-state index in [-0.39, 0.29) is 22.1 Å². The molecule has 0 saturated carbocycles. The summed E-state index contributed by atoms with van der Waals surface area (Å²) in [6.07, 6.45) is 0. The van der Waals surface area contributed by atoms with Crippen LogP contribution in [-0.4, -0.2) is 0 Å². The molecule has 0 aliphatic heterocycles. The first kappa shape index (κ1) is 15.4. The Kier molecular flexibility index (Phi) is 5.49. The molecular weight excluding hydrogens is 294 g/mol. The quantitative estimate of drug-likeness (QED) is 0.606. The highest BCUT2D eigenvalue weighted by atomic mass is 33.1. The van der Waals surface area contributed by atoms with Crippen LogP contribution < -0.4 is 0 Å². The molecule has 4 heteroatoms. The molecule has 2 aromatic rings. The summed E-state index contributed by atoms with van der Waals surface area (Å²) in [4.78, 5) is 0. The van der Waals surface area contributed by atoms with E-state index in [1.54, 1.807) is 21.6 Å². The SMILES string of the molecule is CC(SSC(C)c1ccc(F)cc1)c1ccc(F)cc1. The highest BCUT2D eigenvalue weighted by molar-refractivity contribution is 8.76. The first-order valence-corrected chi connectivity index (χ1v) is 8.67. The minimum absolute atomic E-state index is 0.210. The second-order valence-corrected chi connectivity index (χ2v) is 7.53. The van der Waals surface area contributed by atoms with Crippen molar-refractivity contribution < 1.29 is 8.78 Å². The Bertz CT molecular complexity index is 486. The zero-order chi connectivity index (χ0) is 14.5. The smallest absolute Gasteiger partial charge is 0.123 e. The van der Waals surface area contributed by atoms with Gasteiger partial charge in [0, 0.05) is 10.5 Å². The van der Waals surface area contributed by atoms with Crippen LogP contribution in [0.5, 0.6) is 0 Å². The summed E-state index contributed by atoms with van der Waals surface area (Å²) in [6, 6.07) is 13.2. The van der Waals surface area contributed by atoms with Gasteiger partial charge in [-0.3, -0.25) is 0 Å². The molecule has 2 unspecified atom stereocenters. The largest absolute Gasteiger partial charge is 0.207 e. The lowest BCUT2D eigenvalue weighted by molar-refractivity contribution is 0.626. The van der Waals surface area contributed by atoms with Crippen LogP contribution in [0.1, 0.15) is 35.5 Å². The van der Waals surface area contributed by atoms with Gasteiger partial charge in [0.05, 0.1) is 0 Å². The third kappa shape index (κ3) is 4.25. The Balaban J connectivity index is 1.91. The Morgan fingerprint density at radius 3 is 1.25 bits per heavy atom. The monoisotopic (exact) mass is 310 g/mol. The molecule has 2 atom stereocenters. The molecule has 0 spiro atoms. The minimum atomic E-state index is -0.210. The summed E-state index contributed by atoms with van der Waals surface area (Å²) in [6.45, 7) is 4.20. The topological polar surface area (TPSA) is 0 Å². The van der Waals surface area contributed by atoms with E-state index in [1.165, 1.54) is 24.3 Å². The zero-order valence-electron chi connectivity index (χ0n) is 11.3. The molecule has 0 bridgehead atoms. The summed E-state index contributed by atoms with van der Waals surface area (Å²) in [5.41, 5.74) is 2.21. The fraction of sp³-hybridized carbons (Fsp3) is 0.250. The fourth-order valence-electron chi connectivity index (χ4n) is 1.75. The second-order valence-electron chi connectivity index (χ2n) is 4.58. The van der Waals surface area contributed by atoms with Crippen LogP contribution in [0.3, 0.4) is 0 Å². The third-order valence-corrected chi connectivity index (χ3v) is 6.32. The molecule has 0 aliphatic carbocycles. The van der Waals surface area contributed by atoms with Crippen LogP contribution in [0, 0.1) is 11.6 Å². The lowest BCUT2D eigenvalue weighted by Gasteiger charge is -2.15. The Labute approximate surface area is 126 Å². The van der Waals surface area contributed by atoms with E-state index in [2.05, 4.69) is 13.8 Å². The molecular formula is C16H16F2S2. The van der Waals surface area contributed by atoms with Crippen LogP contribution in [0.2, 0.25) is 0 Å². The minimum Gasteiger partial charge on any atom is -0.207 e. The lowest BCUT2D eigenvalue weighted by Crippen LogP contribution is -1.90. The summed E-state index contributed by atoms with van der Waals surface area (Å²) in [5.74, 6) is -0.420. The van der Waals surface area contributed by atoms with Crippen molar-refractivity contribution in [3.8, 4) is 0 Å². The summed E-state index contributed by atoms with van der Waals surface area (Å²) < 4.78 is 25.8. The highest BCUT2D eigenvalue weighted by Gasteiger charge is 2.11. The Morgan fingerprint density at radius 1 is 0.650 bits per heavy atom. The molecule has 0 aromatic heterocycles. The van der Waals surface area contributed by atoms with Gasteiger partial charge in [-0.2, -0.15) is 0 Å². The summed E-state index contributed by atoms with van der Waals surface area (Å²) in [7, 11) is 3.49. The Morgan fingerprint density at radius 2 is 0.950 bits per heavy atom. The van der Waals surface area contributed by atoms with Crippen molar-refractivity contribution in [1.29, 1.82) is 0 Å². The van der Waals surface area contributed by atoms with E-state index >= 15 is 0 Å². The molecule has 0 aliphatic rings. The first-order chi connectivity index (χ1) is 9.56. The molecule has 0 fully saturated rings. The second kappa shape index (κ2) is 7.14. The number of hydrogen-bond acceptors (Lipinski definition) is 2. The predicted octanol–water partition coefficient (Wildman–Crippen LogP) is 6.17. The van der Waals surface area contributed by atoms with Gasteiger partial charge in [0.2, 0.25) is 0 Å². The van der Waals surface area contributed by atoms with Gasteiger partial charge in [-0.05, 0) is 49.2 Å². The maximum atomic E-state index is 12.9. The maximum Gasteiger partial charge on any atom is 0.123 e. The van der Waals surface area contributed by atoms with Crippen LogP contribution in [-0.2, 0) is 0 Å². The van der Waals surface area contributed by atoms with Crippen molar-refractivity contribution >= 4 is 21.6 Å². The van der Waals surface area contributed by atoms with E-state index < -0.39 is 0 Å². The fourth-order valence-corrected chi connectivity index (χ4v) is 4.28. The molecule has 106 valence electrons. The van der Waals surface area contributed by atoms with Crippen molar-refractivity contribution in [3.63, 3.8) is 0 Å². The molecule has 0 N–H and O–H groups in total. The van der Waals surface area contributed by atoms with Crippen LogP contribution in [0.4, 0.5) is 8.78 Å². The lowest BCUT2D eigenvalue weighted by atomic mass is 10.2. The molecule has 20 heavy (non-hydrogen) atoms. The molecule has 0 nitrogen and oxygen atoms in total. The van der Waals surface area contributed by atoms with Gasteiger partial charge in [0.1, 0.15) is 11.6 Å².